The Labute approximate surface area is 554 Å². The molecule has 0 aromatic heterocycles. The zero-order chi connectivity index (χ0) is 70.0. The first-order valence-corrected chi connectivity index (χ1v) is 33.7. The summed E-state index contributed by atoms with van der Waals surface area (Å²) in [6.45, 7) is 11.7. The third kappa shape index (κ3) is 12.8. The minimum Gasteiger partial charge on any atom is -0.479 e. The van der Waals surface area contributed by atoms with Gasteiger partial charge < -0.3 is 149 Å². The Balaban J connectivity index is 0.799. The van der Waals surface area contributed by atoms with Gasteiger partial charge in [-0.15, -0.1) is 0 Å². The summed E-state index contributed by atoms with van der Waals surface area (Å²) < 4.78 is 70.5. The summed E-state index contributed by atoms with van der Waals surface area (Å²) in [6, 6.07) is 0. The van der Waals surface area contributed by atoms with Crippen LogP contribution >= 0.6 is 0 Å². The van der Waals surface area contributed by atoms with Crippen LogP contribution in [0.15, 0.2) is 11.6 Å². The fourth-order valence-corrected chi connectivity index (χ4v) is 18.7. The molecular formula is C64H102O32. The molecule has 4 saturated carbocycles. The first-order chi connectivity index (χ1) is 45.0. The van der Waals surface area contributed by atoms with Crippen LogP contribution < -0.4 is 0 Å². The third-order valence-corrected chi connectivity index (χ3v) is 24.9. The highest BCUT2D eigenvalue weighted by atomic mass is 16.8. The first-order valence-electron chi connectivity index (χ1n) is 33.7. The van der Waals surface area contributed by atoms with Gasteiger partial charge >= 0.3 is 11.9 Å². The number of carboxylic acids is 1. The maximum absolute atomic E-state index is 15.7. The van der Waals surface area contributed by atoms with Crippen molar-refractivity contribution in [2.45, 2.75) is 291 Å². The summed E-state index contributed by atoms with van der Waals surface area (Å²) in [6.07, 6.45) is -42.6. The summed E-state index contributed by atoms with van der Waals surface area (Å²) in [5.41, 5.74) is -2.68. The molecule has 32 nitrogen and oxygen atoms in total. The zero-order valence-corrected chi connectivity index (χ0v) is 54.9. The minimum atomic E-state index is -2.14. The zero-order valence-electron chi connectivity index (χ0n) is 54.9. The van der Waals surface area contributed by atoms with E-state index >= 15 is 4.79 Å². The normalized spacial score (nSPS) is 54.3. The number of hydrogen-bond acceptors (Lipinski definition) is 31. The summed E-state index contributed by atoms with van der Waals surface area (Å²) in [5.74, 6) is -2.99. The Morgan fingerprint density at radius 1 is 0.531 bits per heavy atom. The van der Waals surface area contributed by atoms with Gasteiger partial charge in [-0.05, 0) is 111 Å². The number of aliphatic carboxylic acids is 1. The second kappa shape index (κ2) is 28.0. The lowest BCUT2D eigenvalue weighted by Crippen LogP contribution is -2.68. The molecule has 5 aliphatic carbocycles. The number of aliphatic hydroxyl groups is 17. The van der Waals surface area contributed by atoms with Crippen LogP contribution in [0.2, 0.25) is 0 Å². The van der Waals surface area contributed by atoms with Crippen molar-refractivity contribution < 1.29 is 158 Å². The molecule has 18 N–H and O–H groups in total. The summed E-state index contributed by atoms with van der Waals surface area (Å²) in [7, 11) is 0. The van der Waals surface area contributed by atoms with Crippen LogP contribution in [0.5, 0.6) is 0 Å². The van der Waals surface area contributed by atoms with Crippen molar-refractivity contribution >= 4 is 11.9 Å². The van der Waals surface area contributed by atoms with Gasteiger partial charge in [0.2, 0.25) is 6.29 Å². The molecule has 6 heterocycles. The number of fused-ring (bicyclic) bond motifs is 7. The number of carbonyl (C=O) groups excluding carboxylic acids is 1. The predicted octanol–water partition coefficient (Wildman–Crippen LogP) is -5.02. The molecule has 11 aliphatic rings. The fraction of sp³-hybridized carbons (Fsp3) is 0.938. The highest BCUT2D eigenvalue weighted by Crippen LogP contribution is 2.76. The van der Waals surface area contributed by atoms with Gasteiger partial charge in [-0.1, -0.05) is 53.2 Å². The van der Waals surface area contributed by atoms with E-state index in [-0.39, 0.29) is 29.8 Å². The summed E-state index contributed by atoms with van der Waals surface area (Å²) in [4.78, 5) is 28.2. The molecule has 0 spiro atoms. The quantitative estimate of drug-likeness (QED) is 0.0391. The summed E-state index contributed by atoms with van der Waals surface area (Å²) in [5, 5.41) is 196. The topological polar surface area (TPSA) is 509 Å². The van der Waals surface area contributed by atoms with Crippen molar-refractivity contribution in [3.8, 4) is 0 Å². The molecule has 10 fully saturated rings. The highest BCUT2D eigenvalue weighted by Gasteiger charge is 2.71. The Hall–Kier alpha value is -2.44. The second-order valence-corrected chi connectivity index (χ2v) is 30.9. The van der Waals surface area contributed by atoms with E-state index in [9.17, 15) is 96.7 Å². The Kier molecular flexibility index (Phi) is 21.8. The SMILES string of the molecule is CC1OC(OC2C(OC(=O)C34CCC(C)(C)CC3C3=CCC5C6(C)CCC(OC7OC(CO)C(OC8OC(C(=O)O)C(OC9OCC(O)C(O)C9O)C(O)C8O)C(O)C7O)C(C)(CO)C6CCC5(C)C3(C)CC4)OC(COC3OCC(O)C(O)C3O)C(O)C2O)C(O)C(O)C1O. The van der Waals surface area contributed by atoms with Crippen LogP contribution in [0.3, 0.4) is 0 Å². The highest BCUT2D eigenvalue weighted by molar-refractivity contribution is 5.79. The molecular weight excluding hydrogens is 1280 g/mol. The number of esters is 1. The lowest BCUT2D eigenvalue weighted by Gasteiger charge is -2.71. The molecule has 32 heteroatoms. The van der Waals surface area contributed by atoms with Gasteiger partial charge in [0.25, 0.3) is 0 Å². The van der Waals surface area contributed by atoms with E-state index in [2.05, 4.69) is 40.7 Å². The number of carboxylic acid groups (broad SMARTS) is 1. The van der Waals surface area contributed by atoms with Crippen LogP contribution in [0.4, 0.5) is 0 Å². The van der Waals surface area contributed by atoms with Crippen molar-refractivity contribution in [1.82, 2.24) is 0 Å². The van der Waals surface area contributed by atoms with Crippen LogP contribution in [0.1, 0.15) is 113 Å². The number of hydrogen-bond donors (Lipinski definition) is 18. The van der Waals surface area contributed by atoms with E-state index < -0.39 is 244 Å². The minimum absolute atomic E-state index is 0.0109. The molecule has 96 heavy (non-hydrogen) atoms. The number of ether oxygens (including phenoxy) is 12. The van der Waals surface area contributed by atoms with E-state index in [0.29, 0.717) is 64.2 Å². The molecule has 37 unspecified atom stereocenters. The van der Waals surface area contributed by atoms with Crippen molar-refractivity contribution in [3.05, 3.63) is 11.6 Å². The molecule has 0 aromatic carbocycles. The third-order valence-electron chi connectivity index (χ3n) is 24.9. The van der Waals surface area contributed by atoms with Crippen LogP contribution in [-0.4, -0.2) is 315 Å². The smallest absolute Gasteiger partial charge is 0.335 e. The van der Waals surface area contributed by atoms with Gasteiger partial charge in [0, 0.05) is 5.41 Å². The number of rotatable bonds is 16. The van der Waals surface area contributed by atoms with Gasteiger partial charge in [0.1, 0.15) is 116 Å². The molecule has 0 radical (unpaired) electrons. The van der Waals surface area contributed by atoms with Gasteiger partial charge in [-0.3, -0.25) is 4.79 Å². The molecule has 6 saturated heterocycles. The van der Waals surface area contributed by atoms with E-state index in [1.807, 2.05) is 6.92 Å². The molecule has 6 aliphatic heterocycles. The van der Waals surface area contributed by atoms with Crippen molar-refractivity contribution in [2.24, 2.45) is 50.2 Å². The monoisotopic (exact) mass is 1380 g/mol. The molecule has 0 bridgehead atoms. The molecule has 11 rings (SSSR count). The number of allylic oxidation sites excluding steroid dienone is 2. The van der Waals surface area contributed by atoms with E-state index in [1.54, 1.807) is 0 Å². The average molecular weight is 1380 g/mol. The van der Waals surface area contributed by atoms with Gasteiger partial charge in [-0.25, -0.2) is 4.79 Å². The molecule has 0 aromatic rings. The van der Waals surface area contributed by atoms with E-state index in [1.165, 1.54) is 6.92 Å². The van der Waals surface area contributed by atoms with Crippen LogP contribution in [-0.2, 0) is 66.4 Å². The van der Waals surface area contributed by atoms with Crippen LogP contribution in [0.25, 0.3) is 0 Å². The lowest BCUT2D eigenvalue weighted by molar-refractivity contribution is -0.376. The Bertz CT molecular complexity index is 2750. The second-order valence-electron chi connectivity index (χ2n) is 30.9. The lowest BCUT2D eigenvalue weighted by atomic mass is 9.33. The van der Waals surface area contributed by atoms with Gasteiger partial charge in [0.15, 0.2) is 43.7 Å². The maximum Gasteiger partial charge on any atom is 0.335 e. The van der Waals surface area contributed by atoms with E-state index in [0.717, 1.165) is 5.57 Å². The van der Waals surface area contributed by atoms with Crippen molar-refractivity contribution in [3.63, 3.8) is 0 Å². The largest absolute Gasteiger partial charge is 0.479 e. The fourth-order valence-electron chi connectivity index (χ4n) is 18.7. The van der Waals surface area contributed by atoms with E-state index in [4.69, 9.17) is 56.8 Å². The van der Waals surface area contributed by atoms with Crippen LogP contribution in [0, 0.1) is 50.2 Å². The van der Waals surface area contributed by atoms with Crippen molar-refractivity contribution in [2.75, 3.05) is 33.0 Å². The standard InChI is InChI=1S/C64H102O32/c1-24-34(69)38(73)44(79)54(88-24)94-49-39(74)37(72)30(22-87-52-42(77)35(70)27(67)20-85-52)90-57(49)96-58(84)64-16-14-59(2,3)18-26(64)25-8-9-32-60(4)12-11-33(61(5,23-66)31(60)10-13-63(32,7)62(25,6)15-17-64)91-55-45(80)40(75)47(29(19-65)89-55)92-56-46(81)41(76)48(50(95-56)51(82)83)93-53-43(78)36(71)28(68)21-86-53/h8,24,26-50,52-57,65-81H,9-23H2,1-7H3,(H,82,83). The van der Waals surface area contributed by atoms with Gasteiger partial charge in [-0.2, -0.15) is 0 Å². The Morgan fingerprint density at radius 2 is 1.08 bits per heavy atom. The predicted molar refractivity (Wildman–Crippen MR) is 317 cm³/mol. The average Bonchev–Trinajstić information content (AvgIpc) is 0.675. The number of carbonyl (C=O) groups is 2. The maximum atomic E-state index is 15.7. The van der Waals surface area contributed by atoms with Gasteiger partial charge in [0.05, 0.1) is 50.7 Å². The molecule has 37 atom stereocenters. The number of aliphatic hydroxyl groups excluding tert-OH is 17. The van der Waals surface area contributed by atoms with Crippen molar-refractivity contribution in [1.29, 1.82) is 0 Å². The summed E-state index contributed by atoms with van der Waals surface area (Å²) >= 11 is 0. The molecule has 0 amide bonds. The first kappa shape index (κ1) is 74.7. The Morgan fingerprint density at radius 3 is 1.73 bits per heavy atom. The molecule has 550 valence electrons.